The molecule has 0 aromatic carbocycles. The summed E-state index contributed by atoms with van der Waals surface area (Å²) < 4.78 is 0.314. The van der Waals surface area contributed by atoms with E-state index in [1.165, 1.54) is 0 Å². The number of aromatic nitrogens is 2. The molecule has 0 saturated carbocycles. The second kappa shape index (κ2) is 7.49. The monoisotopic (exact) mass is 331 g/mol. The van der Waals surface area contributed by atoms with Gasteiger partial charge in [0, 0.05) is 19.1 Å². The Morgan fingerprint density at radius 2 is 2.00 bits per heavy atom. The molecule has 0 N–H and O–H groups in total. The number of carbonyl (C=O) groups is 1. The van der Waals surface area contributed by atoms with E-state index in [1.807, 2.05) is 19.0 Å². The molecule has 0 unspecified atom stereocenters. The predicted octanol–water partition coefficient (Wildman–Crippen LogP) is 1.29. The van der Waals surface area contributed by atoms with Crippen LogP contribution in [-0.4, -0.2) is 84.2 Å². The van der Waals surface area contributed by atoms with Crippen molar-refractivity contribution in [3.8, 4) is 0 Å². The highest BCUT2D eigenvalue weighted by molar-refractivity contribution is 7.17. The first kappa shape index (κ1) is 16.6. The van der Waals surface area contributed by atoms with Gasteiger partial charge in [-0.15, -0.1) is 10.2 Å². The zero-order valence-corrected chi connectivity index (χ0v) is 14.3. The summed E-state index contributed by atoms with van der Waals surface area (Å²) in [5.41, 5.74) is 0. The van der Waals surface area contributed by atoms with Crippen molar-refractivity contribution in [2.24, 2.45) is 0 Å². The fraction of sp³-hybridized carbons (Fsp3) is 0.769. The highest BCUT2D eigenvalue weighted by Gasteiger charge is 2.29. The predicted molar refractivity (Wildman–Crippen MR) is 85.0 cm³/mol. The maximum atomic E-state index is 12.7. The molecular weight excluding hydrogens is 310 g/mol. The van der Waals surface area contributed by atoms with E-state index in [0.29, 0.717) is 16.0 Å². The molecule has 1 saturated heterocycles. The van der Waals surface area contributed by atoms with Crippen LogP contribution in [0.4, 0.5) is 0 Å². The average Bonchev–Trinajstić information content (AvgIpc) is 2.87. The van der Waals surface area contributed by atoms with Crippen LogP contribution in [0.5, 0.6) is 0 Å². The molecule has 6 nitrogen and oxygen atoms in total. The Balaban J connectivity index is 2.09. The number of likely N-dealkylation sites (N-methyl/N-ethyl adjacent to an activating group) is 1. The van der Waals surface area contributed by atoms with Crippen molar-refractivity contribution in [2.45, 2.75) is 18.9 Å². The summed E-state index contributed by atoms with van der Waals surface area (Å²) in [5.74, 6) is -0.0456. The van der Waals surface area contributed by atoms with E-state index in [4.69, 9.17) is 11.6 Å². The number of piperidine rings is 1. The van der Waals surface area contributed by atoms with Crippen molar-refractivity contribution in [3.05, 3.63) is 9.47 Å². The first-order valence-corrected chi connectivity index (χ1v) is 8.30. The summed E-state index contributed by atoms with van der Waals surface area (Å²) in [4.78, 5) is 19.0. The Morgan fingerprint density at radius 1 is 1.33 bits per heavy atom. The maximum absolute atomic E-state index is 12.7. The first-order chi connectivity index (χ1) is 9.97. The van der Waals surface area contributed by atoms with E-state index in [1.54, 1.807) is 0 Å². The molecule has 0 radical (unpaired) electrons. The quantitative estimate of drug-likeness (QED) is 0.813. The lowest BCUT2D eigenvalue weighted by Crippen LogP contribution is -2.48. The van der Waals surface area contributed by atoms with Gasteiger partial charge in [-0.3, -0.25) is 4.79 Å². The van der Waals surface area contributed by atoms with Crippen LogP contribution in [0.3, 0.4) is 0 Å². The number of hydrogen-bond acceptors (Lipinski definition) is 6. The Labute approximate surface area is 134 Å². The van der Waals surface area contributed by atoms with Gasteiger partial charge >= 0.3 is 0 Å². The second-order valence-corrected chi connectivity index (χ2v) is 7.26. The molecule has 1 aromatic rings. The van der Waals surface area contributed by atoms with Gasteiger partial charge in [0.15, 0.2) is 0 Å². The molecule has 1 aromatic heterocycles. The van der Waals surface area contributed by atoms with Crippen LogP contribution in [0.15, 0.2) is 0 Å². The molecule has 1 aliphatic rings. The molecule has 1 fully saturated rings. The van der Waals surface area contributed by atoms with Gasteiger partial charge in [0.1, 0.15) is 0 Å². The van der Waals surface area contributed by atoms with Crippen molar-refractivity contribution in [1.82, 2.24) is 24.9 Å². The highest BCUT2D eigenvalue weighted by atomic mass is 35.5. The molecule has 0 atom stereocenters. The number of amides is 1. The van der Waals surface area contributed by atoms with Crippen molar-refractivity contribution in [2.75, 3.05) is 47.3 Å². The standard InChI is InChI=1S/C13H22ClN5OS/c1-17(2)8-9-19(10-4-6-18(3)7-5-10)12(20)11-15-16-13(14)21-11/h10H,4-9H2,1-3H3. The number of nitrogens with zero attached hydrogens (tertiary/aromatic N) is 5. The summed E-state index contributed by atoms with van der Waals surface area (Å²) in [6.07, 6.45) is 2.00. The van der Waals surface area contributed by atoms with Crippen molar-refractivity contribution in [3.63, 3.8) is 0 Å². The van der Waals surface area contributed by atoms with Gasteiger partial charge < -0.3 is 14.7 Å². The molecule has 21 heavy (non-hydrogen) atoms. The van der Waals surface area contributed by atoms with Crippen LogP contribution in [0.2, 0.25) is 4.47 Å². The van der Waals surface area contributed by atoms with Crippen LogP contribution in [0.1, 0.15) is 22.6 Å². The van der Waals surface area contributed by atoms with E-state index < -0.39 is 0 Å². The number of hydrogen-bond donors (Lipinski definition) is 0. The minimum atomic E-state index is -0.0456. The number of rotatable bonds is 5. The molecule has 1 aliphatic heterocycles. The molecule has 118 valence electrons. The summed E-state index contributed by atoms with van der Waals surface area (Å²) in [5, 5.41) is 8.02. The van der Waals surface area contributed by atoms with Crippen molar-refractivity contribution < 1.29 is 4.79 Å². The Kier molecular flexibility index (Phi) is 5.92. The van der Waals surface area contributed by atoms with Gasteiger partial charge in [-0.05, 0) is 58.7 Å². The van der Waals surface area contributed by atoms with Crippen LogP contribution < -0.4 is 0 Å². The van der Waals surface area contributed by atoms with Gasteiger partial charge in [0.2, 0.25) is 9.47 Å². The average molecular weight is 332 g/mol. The molecule has 0 spiro atoms. The van der Waals surface area contributed by atoms with E-state index >= 15 is 0 Å². The zero-order chi connectivity index (χ0) is 15.4. The molecule has 2 heterocycles. The fourth-order valence-corrected chi connectivity index (χ4v) is 3.26. The van der Waals surface area contributed by atoms with Crippen LogP contribution >= 0.6 is 22.9 Å². The summed E-state index contributed by atoms with van der Waals surface area (Å²) >= 11 is 6.95. The Morgan fingerprint density at radius 3 is 2.52 bits per heavy atom. The normalized spacial score (nSPS) is 17.4. The molecule has 2 rings (SSSR count). The maximum Gasteiger partial charge on any atom is 0.285 e. The molecular formula is C13H22ClN5OS. The third-order valence-corrected chi connectivity index (χ3v) is 4.77. The number of carbonyl (C=O) groups excluding carboxylic acids is 1. The molecule has 0 aliphatic carbocycles. The molecule has 0 bridgehead atoms. The first-order valence-electron chi connectivity index (χ1n) is 7.10. The molecule has 8 heteroatoms. The Hall–Kier alpha value is -0.760. The third kappa shape index (κ3) is 4.60. The lowest BCUT2D eigenvalue weighted by Gasteiger charge is -2.37. The fourth-order valence-electron chi connectivity index (χ4n) is 2.48. The number of likely N-dealkylation sites (tertiary alicyclic amines) is 1. The zero-order valence-electron chi connectivity index (χ0n) is 12.8. The Bertz CT molecular complexity index is 473. The van der Waals surface area contributed by atoms with Gasteiger partial charge in [0.25, 0.3) is 5.91 Å². The lowest BCUT2D eigenvalue weighted by molar-refractivity contribution is 0.0573. The van der Waals surface area contributed by atoms with E-state index in [2.05, 4.69) is 27.0 Å². The van der Waals surface area contributed by atoms with Crippen LogP contribution in [0.25, 0.3) is 0 Å². The summed E-state index contributed by atoms with van der Waals surface area (Å²) in [6, 6.07) is 0.274. The van der Waals surface area contributed by atoms with Gasteiger partial charge in [-0.2, -0.15) is 0 Å². The van der Waals surface area contributed by atoms with Crippen LogP contribution in [-0.2, 0) is 0 Å². The summed E-state index contributed by atoms with van der Waals surface area (Å²) in [7, 11) is 6.14. The smallest absolute Gasteiger partial charge is 0.285 e. The van der Waals surface area contributed by atoms with Gasteiger partial charge in [-0.25, -0.2) is 0 Å². The van der Waals surface area contributed by atoms with E-state index in [9.17, 15) is 4.79 Å². The summed E-state index contributed by atoms with van der Waals surface area (Å²) in [6.45, 7) is 3.59. The minimum Gasteiger partial charge on any atom is -0.332 e. The van der Waals surface area contributed by atoms with E-state index in [0.717, 1.165) is 43.8 Å². The van der Waals surface area contributed by atoms with E-state index in [-0.39, 0.29) is 11.9 Å². The van der Waals surface area contributed by atoms with Crippen molar-refractivity contribution >= 4 is 28.8 Å². The van der Waals surface area contributed by atoms with Gasteiger partial charge in [-0.1, -0.05) is 11.3 Å². The van der Waals surface area contributed by atoms with Crippen molar-refractivity contribution in [1.29, 1.82) is 0 Å². The minimum absolute atomic E-state index is 0.0456. The second-order valence-electron chi connectivity index (χ2n) is 5.70. The SMILES string of the molecule is CN(C)CCN(C(=O)c1nnc(Cl)s1)C1CCN(C)CC1. The van der Waals surface area contributed by atoms with Crippen LogP contribution in [0, 0.1) is 0 Å². The largest absolute Gasteiger partial charge is 0.332 e. The highest BCUT2D eigenvalue weighted by Crippen LogP contribution is 2.21. The topological polar surface area (TPSA) is 52.6 Å². The third-order valence-electron chi connectivity index (χ3n) is 3.76. The molecule has 1 amide bonds. The van der Waals surface area contributed by atoms with Gasteiger partial charge in [0.05, 0.1) is 0 Å². The lowest BCUT2D eigenvalue weighted by atomic mass is 10.0. The number of halogens is 1.